The van der Waals surface area contributed by atoms with E-state index in [4.69, 9.17) is 0 Å². The molecule has 0 amide bonds. The van der Waals surface area contributed by atoms with E-state index in [0.29, 0.717) is 0 Å². The molecule has 0 spiro atoms. The van der Waals surface area contributed by atoms with Crippen molar-refractivity contribution in [3.05, 3.63) is 26.4 Å². The third-order valence-electron chi connectivity index (χ3n) is 1.79. The van der Waals surface area contributed by atoms with Crippen LogP contribution in [0.1, 0.15) is 17.7 Å². The van der Waals surface area contributed by atoms with Crippen LogP contribution in [0, 0.1) is 0 Å². The summed E-state index contributed by atoms with van der Waals surface area (Å²) in [6.45, 7) is 0. The zero-order chi connectivity index (χ0) is 12.3. The Labute approximate surface area is 107 Å². The van der Waals surface area contributed by atoms with Crippen molar-refractivity contribution in [2.75, 3.05) is 7.11 Å². The van der Waals surface area contributed by atoms with Gasteiger partial charge in [0.25, 0.3) is 6.43 Å². The molecule has 0 unspecified atom stereocenters. The fourth-order valence-electron chi connectivity index (χ4n) is 1.04. The van der Waals surface area contributed by atoms with Gasteiger partial charge in [0.05, 0.1) is 23.7 Å². The van der Waals surface area contributed by atoms with Crippen LogP contribution in [0.3, 0.4) is 0 Å². The highest BCUT2D eigenvalue weighted by Crippen LogP contribution is 2.32. The second kappa shape index (κ2) is 5.67. The standard InChI is InChI=1S/C9H7Br2F2NO2/c1-16-6(15)3-4-2-5(9(12)13)7(10)8(11)14-4/h2,9H,3H2,1H3. The van der Waals surface area contributed by atoms with E-state index in [9.17, 15) is 13.6 Å². The Hall–Kier alpha value is -0.560. The molecule has 0 fully saturated rings. The summed E-state index contributed by atoms with van der Waals surface area (Å²) in [5, 5.41) is 0. The van der Waals surface area contributed by atoms with Crippen LogP contribution < -0.4 is 0 Å². The van der Waals surface area contributed by atoms with Gasteiger partial charge in [-0.2, -0.15) is 0 Å². The van der Waals surface area contributed by atoms with Crippen LogP contribution in [-0.2, 0) is 16.0 Å². The molecule has 0 radical (unpaired) electrons. The minimum atomic E-state index is -2.63. The van der Waals surface area contributed by atoms with Crippen molar-refractivity contribution in [1.82, 2.24) is 4.98 Å². The highest BCUT2D eigenvalue weighted by molar-refractivity contribution is 9.13. The highest BCUT2D eigenvalue weighted by Gasteiger charge is 2.17. The maximum Gasteiger partial charge on any atom is 0.311 e. The topological polar surface area (TPSA) is 39.2 Å². The van der Waals surface area contributed by atoms with Crippen molar-refractivity contribution < 1.29 is 18.3 Å². The molecule has 7 heteroatoms. The third kappa shape index (κ3) is 3.21. The van der Waals surface area contributed by atoms with Gasteiger partial charge < -0.3 is 4.74 Å². The van der Waals surface area contributed by atoms with E-state index in [1.165, 1.54) is 13.2 Å². The van der Waals surface area contributed by atoms with E-state index in [2.05, 4.69) is 41.6 Å². The highest BCUT2D eigenvalue weighted by atomic mass is 79.9. The van der Waals surface area contributed by atoms with Gasteiger partial charge in [-0.3, -0.25) is 4.79 Å². The van der Waals surface area contributed by atoms with E-state index in [-0.39, 0.29) is 26.8 Å². The number of carbonyl (C=O) groups excluding carboxylic acids is 1. The van der Waals surface area contributed by atoms with Crippen LogP contribution in [0.4, 0.5) is 8.78 Å². The Morgan fingerprint density at radius 3 is 2.69 bits per heavy atom. The second-order valence-electron chi connectivity index (χ2n) is 2.86. The fourth-order valence-corrected chi connectivity index (χ4v) is 1.87. The first-order chi connectivity index (χ1) is 7.45. The molecule has 1 heterocycles. The Morgan fingerprint density at radius 2 is 2.19 bits per heavy atom. The Morgan fingerprint density at radius 1 is 1.56 bits per heavy atom. The molecule has 16 heavy (non-hydrogen) atoms. The number of halogens is 4. The summed E-state index contributed by atoms with van der Waals surface area (Å²) in [6, 6.07) is 1.18. The van der Waals surface area contributed by atoms with Gasteiger partial charge in [-0.05, 0) is 37.9 Å². The Kier molecular flexibility index (Phi) is 4.79. The van der Waals surface area contributed by atoms with E-state index < -0.39 is 12.4 Å². The third-order valence-corrected chi connectivity index (χ3v) is 3.73. The average molecular weight is 359 g/mol. The number of rotatable bonds is 3. The average Bonchev–Trinajstić information content (AvgIpc) is 2.22. The van der Waals surface area contributed by atoms with Crippen LogP contribution in [0.25, 0.3) is 0 Å². The molecule has 0 bridgehead atoms. The van der Waals surface area contributed by atoms with E-state index in [1.54, 1.807) is 0 Å². The van der Waals surface area contributed by atoms with Crippen molar-refractivity contribution in [2.24, 2.45) is 0 Å². The van der Waals surface area contributed by atoms with E-state index >= 15 is 0 Å². The summed E-state index contributed by atoms with van der Waals surface area (Å²) in [5.74, 6) is -0.526. The summed E-state index contributed by atoms with van der Waals surface area (Å²) < 4.78 is 30.1. The minimum Gasteiger partial charge on any atom is -0.469 e. The molecule has 3 nitrogen and oxygen atoms in total. The number of nitrogens with zero attached hydrogens (tertiary/aromatic N) is 1. The first-order valence-corrected chi connectivity index (χ1v) is 5.74. The van der Waals surface area contributed by atoms with Crippen molar-refractivity contribution in [2.45, 2.75) is 12.8 Å². The number of alkyl halides is 2. The van der Waals surface area contributed by atoms with E-state index in [1.807, 2.05) is 0 Å². The molecule has 1 aromatic heterocycles. The molecule has 0 aliphatic carbocycles. The SMILES string of the molecule is COC(=O)Cc1cc(C(F)F)c(Br)c(Br)n1. The first-order valence-electron chi connectivity index (χ1n) is 4.15. The minimum absolute atomic E-state index is 0.137. The first kappa shape index (κ1) is 13.5. The lowest BCUT2D eigenvalue weighted by Crippen LogP contribution is -2.07. The smallest absolute Gasteiger partial charge is 0.311 e. The number of aromatic nitrogens is 1. The number of methoxy groups -OCH3 is 1. The maximum atomic E-state index is 12.6. The summed E-state index contributed by atoms with van der Waals surface area (Å²) in [5.41, 5.74) is 0.0259. The van der Waals surface area contributed by atoms with Crippen molar-refractivity contribution in [3.63, 3.8) is 0 Å². The molecule has 0 saturated carbocycles. The van der Waals surface area contributed by atoms with Crippen molar-refractivity contribution >= 4 is 37.8 Å². The van der Waals surface area contributed by atoms with Gasteiger partial charge in [0.15, 0.2) is 0 Å². The van der Waals surface area contributed by atoms with Crippen LogP contribution in [0.2, 0.25) is 0 Å². The number of esters is 1. The number of hydrogen-bond donors (Lipinski definition) is 0. The zero-order valence-electron chi connectivity index (χ0n) is 8.14. The maximum absolute atomic E-state index is 12.6. The molecule has 0 aliphatic heterocycles. The lowest BCUT2D eigenvalue weighted by molar-refractivity contribution is -0.139. The molecule has 1 rings (SSSR count). The quantitative estimate of drug-likeness (QED) is 0.615. The van der Waals surface area contributed by atoms with Crippen LogP contribution in [0.15, 0.2) is 15.1 Å². The molecule has 0 atom stereocenters. The lowest BCUT2D eigenvalue weighted by atomic mass is 10.2. The van der Waals surface area contributed by atoms with Gasteiger partial charge in [0.1, 0.15) is 4.60 Å². The molecular weight excluding hydrogens is 352 g/mol. The largest absolute Gasteiger partial charge is 0.469 e. The van der Waals surface area contributed by atoms with Gasteiger partial charge in [-0.25, -0.2) is 13.8 Å². The number of carbonyl (C=O) groups is 1. The van der Waals surface area contributed by atoms with E-state index in [0.717, 1.165) is 0 Å². The summed E-state index contributed by atoms with van der Waals surface area (Å²) in [6.07, 6.45) is -2.77. The number of hydrogen-bond acceptors (Lipinski definition) is 3. The van der Waals surface area contributed by atoms with Gasteiger partial charge in [0.2, 0.25) is 0 Å². The molecule has 1 aromatic rings. The normalized spacial score (nSPS) is 10.6. The molecule has 0 saturated heterocycles. The predicted molar refractivity (Wildman–Crippen MR) is 60.3 cm³/mol. The Balaban J connectivity index is 3.09. The van der Waals surface area contributed by atoms with Crippen LogP contribution in [-0.4, -0.2) is 18.1 Å². The van der Waals surface area contributed by atoms with Gasteiger partial charge >= 0.3 is 5.97 Å². The van der Waals surface area contributed by atoms with Crippen LogP contribution >= 0.6 is 31.9 Å². The molecule has 0 aliphatic rings. The van der Waals surface area contributed by atoms with Gasteiger partial charge in [0, 0.05) is 5.56 Å². The van der Waals surface area contributed by atoms with Crippen LogP contribution in [0.5, 0.6) is 0 Å². The molecule has 0 N–H and O–H groups in total. The van der Waals surface area contributed by atoms with Gasteiger partial charge in [-0.1, -0.05) is 0 Å². The monoisotopic (exact) mass is 357 g/mol. The predicted octanol–water partition coefficient (Wildman–Crippen LogP) is 3.26. The fraction of sp³-hybridized carbons (Fsp3) is 0.333. The van der Waals surface area contributed by atoms with Gasteiger partial charge in [-0.15, -0.1) is 0 Å². The summed E-state index contributed by atoms with van der Waals surface area (Å²) in [7, 11) is 1.23. The second-order valence-corrected chi connectivity index (χ2v) is 4.41. The number of pyridine rings is 1. The van der Waals surface area contributed by atoms with Crippen molar-refractivity contribution in [1.29, 1.82) is 0 Å². The zero-order valence-corrected chi connectivity index (χ0v) is 11.3. The van der Waals surface area contributed by atoms with Crippen molar-refractivity contribution in [3.8, 4) is 0 Å². The lowest BCUT2D eigenvalue weighted by Gasteiger charge is -2.07. The summed E-state index contributed by atoms with van der Waals surface area (Å²) in [4.78, 5) is 14.9. The molecule has 88 valence electrons. The molecule has 0 aromatic carbocycles. The molecular formula is C9H7Br2F2NO2. The number of ether oxygens (including phenoxy) is 1. The Bertz CT molecular complexity index is 413. The summed E-state index contributed by atoms with van der Waals surface area (Å²) >= 11 is 6.03.